The summed E-state index contributed by atoms with van der Waals surface area (Å²) in [5.74, 6) is 0.0833. The summed E-state index contributed by atoms with van der Waals surface area (Å²) in [4.78, 5) is 4.57. The van der Waals surface area contributed by atoms with E-state index in [4.69, 9.17) is 16.2 Å². The molecule has 0 atom stereocenters. The van der Waals surface area contributed by atoms with E-state index in [-0.39, 0.29) is 12.4 Å². The number of nitrogens with one attached hydrogen (secondary N) is 1. The third kappa shape index (κ3) is 3.46. The average Bonchev–Trinajstić information content (AvgIpc) is 2.40. The first kappa shape index (κ1) is 14.3. The molecule has 0 bridgehead atoms. The fraction of sp³-hybridized carbons (Fsp3) is 0.462. The molecule has 1 aliphatic rings. The van der Waals surface area contributed by atoms with Crippen molar-refractivity contribution >= 4 is 27.5 Å². The number of piperazine rings is 1. The predicted octanol–water partition coefficient (Wildman–Crippen LogP) is 0.847. The number of nitrogen functional groups attached to an aromatic ring is 1. The molecule has 2 rings (SSSR count). The number of nitrogens with zero attached hydrogens (tertiary/aromatic N) is 2. The number of β-amino-alcohol motifs (C(OH)–C–C–N with tert-alkyl or cyclic N) is 1. The number of benzene rings is 1. The van der Waals surface area contributed by atoms with Crippen molar-refractivity contribution in [3.63, 3.8) is 0 Å². The summed E-state index contributed by atoms with van der Waals surface area (Å²) in [5, 5.41) is 16.4. The number of hydrogen-bond acceptors (Lipinski definition) is 4. The lowest BCUT2D eigenvalue weighted by Crippen LogP contribution is -2.47. The smallest absolute Gasteiger partial charge is 0.122 e. The molecule has 0 spiro atoms. The third-order valence-electron chi connectivity index (χ3n) is 3.39. The van der Waals surface area contributed by atoms with Crippen LogP contribution in [0, 0.1) is 5.41 Å². The monoisotopic (exact) mass is 326 g/mol. The first-order chi connectivity index (χ1) is 9.11. The molecule has 0 aliphatic carbocycles. The zero-order chi connectivity index (χ0) is 13.8. The SMILES string of the molecule is N=C(N)c1ccc(N2CCN(CCO)CC2)c(Br)c1. The number of halogens is 1. The van der Waals surface area contributed by atoms with Crippen LogP contribution < -0.4 is 10.6 Å². The summed E-state index contributed by atoms with van der Waals surface area (Å²) in [6.07, 6.45) is 0. The van der Waals surface area contributed by atoms with Crippen LogP contribution in [0.4, 0.5) is 5.69 Å². The van der Waals surface area contributed by atoms with Crippen molar-refractivity contribution in [3.8, 4) is 0 Å². The highest BCUT2D eigenvalue weighted by Crippen LogP contribution is 2.28. The van der Waals surface area contributed by atoms with Gasteiger partial charge in [-0.25, -0.2) is 0 Å². The zero-order valence-corrected chi connectivity index (χ0v) is 12.4. The minimum atomic E-state index is 0.0833. The Bertz CT molecular complexity index is 458. The topological polar surface area (TPSA) is 76.6 Å². The Kier molecular flexibility index (Phi) is 4.79. The van der Waals surface area contributed by atoms with Crippen LogP contribution in [0.2, 0.25) is 0 Å². The highest BCUT2D eigenvalue weighted by molar-refractivity contribution is 9.10. The van der Waals surface area contributed by atoms with Crippen molar-refractivity contribution in [2.45, 2.75) is 0 Å². The summed E-state index contributed by atoms with van der Waals surface area (Å²) >= 11 is 3.55. The Morgan fingerprint density at radius 2 is 2.00 bits per heavy atom. The molecular formula is C13H19BrN4O. The molecule has 0 saturated carbocycles. The van der Waals surface area contributed by atoms with Gasteiger partial charge in [0.25, 0.3) is 0 Å². The van der Waals surface area contributed by atoms with Crippen LogP contribution in [0.3, 0.4) is 0 Å². The lowest BCUT2D eigenvalue weighted by Gasteiger charge is -2.36. The number of hydrogen-bond donors (Lipinski definition) is 3. The zero-order valence-electron chi connectivity index (χ0n) is 10.8. The number of amidine groups is 1. The maximum absolute atomic E-state index is 8.93. The minimum Gasteiger partial charge on any atom is -0.395 e. The molecule has 1 heterocycles. The summed E-state index contributed by atoms with van der Waals surface area (Å²) < 4.78 is 0.968. The number of aliphatic hydroxyl groups excluding tert-OH is 1. The third-order valence-corrected chi connectivity index (χ3v) is 4.02. The van der Waals surface area contributed by atoms with E-state index in [0.717, 1.165) is 48.4 Å². The standard InChI is InChI=1S/C13H19BrN4O/c14-11-9-10(13(15)16)1-2-12(11)18-5-3-17(4-6-18)7-8-19/h1-2,9,19H,3-8H2,(H3,15,16). The molecule has 1 aliphatic heterocycles. The van der Waals surface area contributed by atoms with E-state index in [1.807, 2.05) is 18.2 Å². The Morgan fingerprint density at radius 3 is 2.53 bits per heavy atom. The van der Waals surface area contributed by atoms with Crippen LogP contribution in [0.25, 0.3) is 0 Å². The highest BCUT2D eigenvalue weighted by atomic mass is 79.9. The fourth-order valence-corrected chi connectivity index (χ4v) is 2.91. The maximum atomic E-state index is 8.93. The van der Waals surface area contributed by atoms with Crippen molar-refractivity contribution in [3.05, 3.63) is 28.2 Å². The molecule has 0 amide bonds. The molecule has 1 fully saturated rings. The van der Waals surface area contributed by atoms with Gasteiger partial charge in [-0.2, -0.15) is 0 Å². The van der Waals surface area contributed by atoms with E-state index in [1.165, 1.54) is 0 Å². The molecule has 0 unspecified atom stereocenters. The largest absolute Gasteiger partial charge is 0.395 e. The first-order valence-electron chi connectivity index (χ1n) is 6.34. The van der Waals surface area contributed by atoms with Gasteiger partial charge in [0.2, 0.25) is 0 Å². The second-order valence-electron chi connectivity index (χ2n) is 4.63. The van der Waals surface area contributed by atoms with Crippen LogP contribution in [0.5, 0.6) is 0 Å². The predicted molar refractivity (Wildman–Crippen MR) is 80.9 cm³/mol. The average molecular weight is 327 g/mol. The van der Waals surface area contributed by atoms with Crippen molar-refractivity contribution in [1.29, 1.82) is 5.41 Å². The number of nitrogens with two attached hydrogens (primary N) is 1. The van der Waals surface area contributed by atoms with Crippen molar-refractivity contribution in [1.82, 2.24) is 4.90 Å². The van der Waals surface area contributed by atoms with Crippen molar-refractivity contribution < 1.29 is 5.11 Å². The summed E-state index contributed by atoms with van der Waals surface area (Å²) in [6.45, 7) is 4.77. The highest BCUT2D eigenvalue weighted by Gasteiger charge is 2.18. The molecule has 1 aromatic carbocycles. The van der Waals surface area contributed by atoms with Gasteiger partial charge < -0.3 is 15.7 Å². The van der Waals surface area contributed by atoms with E-state index in [1.54, 1.807) is 0 Å². The number of anilines is 1. The molecule has 0 radical (unpaired) electrons. The minimum absolute atomic E-state index is 0.0833. The molecule has 1 saturated heterocycles. The quantitative estimate of drug-likeness (QED) is 0.566. The van der Waals surface area contributed by atoms with Crippen molar-refractivity contribution in [2.24, 2.45) is 5.73 Å². The Labute approximate surface area is 121 Å². The molecule has 5 nitrogen and oxygen atoms in total. The molecule has 0 aromatic heterocycles. The Hall–Kier alpha value is -1.11. The Morgan fingerprint density at radius 1 is 1.32 bits per heavy atom. The lowest BCUT2D eigenvalue weighted by atomic mass is 10.1. The Balaban J connectivity index is 2.05. The molecule has 1 aromatic rings. The van der Waals surface area contributed by atoms with E-state index in [0.29, 0.717) is 0 Å². The van der Waals surface area contributed by atoms with Crippen LogP contribution in [0.15, 0.2) is 22.7 Å². The molecular weight excluding hydrogens is 308 g/mol. The van der Waals surface area contributed by atoms with Gasteiger partial charge in [0, 0.05) is 42.8 Å². The molecule has 104 valence electrons. The van der Waals surface area contributed by atoms with Gasteiger partial charge >= 0.3 is 0 Å². The van der Waals surface area contributed by atoms with Crippen LogP contribution >= 0.6 is 15.9 Å². The summed E-state index contributed by atoms with van der Waals surface area (Å²) in [6, 6.07) is 5.77. The number of rotatable bonds is 4. The summed E-state index contributed by atoms with van der Waals surface area (Å²) in [5.41, 5.74) is 7.35. The molecule has 4 N–H and O–H groups in total. The van der Waals surface area contributed by atoms with Gasteiger partial charge in [0.05, 0.1) is 12.3 Å². The van der Waals surface area contributed by atoms with E-state index in [2.05, 4.69) is 25.7 Å². The van der Waals surface area contributed by atoms with Crippen LogP contribution in [0.1, 0.15) is 5.56 Å². The maximum Gasteiger partial charge on any atom is 0.122 e. The molecule has 6 heteroatoms. The van der Waals surface area contributed by atoms with Gasteiger partial charge in [-0.15, -0.1) is 0 Å². The van der Waals surface area contributed by atoms with E-state index in [9.17, 15) is 0 Å². The normalized spacial score (nSPS) is 16.6. The van der Waals surface area contributed by atoms with E-state index < -0.39 is 0 Å². The second kappa shape index (κ2) is 6.36. The summed E-state index contributed by atoms with van der Waals surface area (Å²) in [7, 11) is 0. The van der Waals surface area contributed by atoms with Gasteiger partial charge in [-0.1, -0.05) is 0 Å². The van der Waals surface area contributed by atoms with E-state index >= 15 is 0 Å². The fourth-order valence-electron chi connectivity index (χ4n) is 2.28. The second-order valence-corrected chi connectivity index (χ2v) is 5.49. The van der Waals surface area contributed by atoms with Gasteiger partial charge in [0.15, 0.2) is 0 Å². The molecule has 19 heavy (non-hydrogen) atoms. The lowest BCUT2D eigenvalue weighted by molar-refractivity contribution is 0.188. The van der Waals surface area contributed by atoms with Gasteiger partial charge in [0.1, 0.15) is 5.84 Å². The first-order valence-corrected chi connectivity index (χ1v) is 7.13. The number of aliphatic hydroxyl groups is 1. The van der Waals surface area contributed by atoms with Crippen LogP contribution in [-0.2, 0) is 0 Å². The van der Waals surface area contributed by atoms with Gasteiger partial charge in [-0.3, -0.25) is 10.3 Å². The van der Waals surface area contributed by atoms with Crippen LogP contribution in [-0.4, -0.2) is 55.2 Å². The van der Waals surface area contributed by atoms with Gasteiger partial charge in [-0.05, 0) is 34.1 Å². The van der Waals surface area contributed by atoms with Crippen molar-refractivity contribution in [2.75, 3.05) is 44.2 Å².